The van der Waals surface area contributed by atoms with E-state index in [0.29, 0.717) is 13.1 Å². The molecule has 0 unspecified atom stereocenters. The number of amides is 1. The second-order valence-electron chi connectivity index (χ2n) is 7.07. The molecule has 1 saturated heterocycles. The third-order valence-corrected chi connectivity index (χ3v) is 5.13. The highest BCUT2D eigenvalue weighted by molar-refractivity contribution is 5.78. The van der Waals surface area contributed by atoms with E-state index in [4.69, 9.17) is 9.47 Å². The quantitative estimate of drug-likeness (QED) is 0.735. The molecule has 1 fully saturated rings. The van der Waals surface area contributed by atoms with E-state index < -0.39 is 0 Å². The minimum absolute atomic E-state index is 0.137. The summed E-state index contributed by atoms with van der Waals surface area (Å²) in [6.45, 7) is 4.58. The fraction of sp³-hybridized carbons (Fsp3) is 0.409. The highest BCUT2D eigenvalue weighted by Gasteiger charge is 2.21. The van der Waals surface area contributed by atoms with Crippen LogP contribution in [0.3, 0.4) is 0 Å². The summed E-state index contributed by atoms with van der Waals surface area (Å²) in [6, 6.07) is 16.0. The molecule has 1 aliphatic heterocycles. The van der Waals surface area contributed by atoms with E-state index in [1.54, 1.807) is 19.1 Å². The Hall–Kier alpha value is -2.73. The Morgan fingerprint density at radius 1 is 0.964 bits per heavy atom. The number of likely N-dealkylation sites (N-methyl/N-ethyl adjacent to an activating group) is 1. The summed E-state index contributed by atoms with van der Waals surface area (Å²) in [5, 5.41) is 0. The van der Waals surface area contributed by atoms with Crippen molar-refractivity contribution in [3.8, 4) is 11.5 Å². The number of benzene rings is 2. The molecule has 0 spiro atoms. The van der Waals surface area contributed by atoms with Gasteiger partial charge in [-0.3, -0.25) is 9.69 Å². The topological polar surface area (TPSA) is 45.2 Å². The van der Waals surface area contributed by atoms with Gasteiger partial charge in [0.1, 0.15) is 11.5 Å². The van der Waals surface area contributed by atoms with Crippen molar-refractivity contribution in [2.45, 2.75) is 6.54 Å². The first kappa shape index (κ1) is 20.0. The van der Waals surface area contributed by atoms with Gasteiger partial charge in [0, 0.05) is 51.5 Å². The molecule has 28 heavy (non-hydrogen) atoms. The number of ether oxygens (including phenoxy) is 2. The minimum atomic E-state index is 0.137. The van der Waals surface area contributed by atoms with E-state index in [0.717, 1.165) is 43.2 Å². The van der Waals surface area contributed by atoms with Gasteiger partial charge in [-0.05, 0) is 29.8 Å². The normalized spacial score (nSPS) is 14.6. The van der Waals surface area contributed by atoms with E-state index in [9.17, 15) is 4.79 Å². The summed E-state index contributed by atoms with van der Waals surface area (Å²) in [5.41, 5.74) is 2.23. The molecule has 1 heterocycles. The van der Waals surface area contributed by atoms with Crippen LogP contribution in [-0.2, 0) is 11.3 Å². The largest absolute Gasteiger partial charge is 0.497 e. The molecule has 0 N–H and O–H groups in total. The Balaban J connectivity index is 1.48. The van der Waals surface area contributed by atoms with Crippen LogP contribution >= 0.6 is 0 Å². The third kappa shape index (κ3) is 5.16. The summed E-state index contributed by atoms with van der Waals surface area (Å²) in [7, 11) is 5.19. The second kappa shape index (κ2) is 9.46. The van der Waals surface area contributed by atoms with Gasteiger partial charge in [0.2, 0.25) is 5.91 Å². The number of methoxy groups -OCH3 is 2. The van der Waals surface area contributed by atoms with Crippen LogP contribution in [0.25, 0.3) is 0 Å². The number of hydrogen-bond acceptors (Lipinski definition) is 5. The Morgan fingerprint density at radius 3 is 2.29 bits per heavy atom. The maximum Gasteiger partial charge on any atom is 0.236 e. The van der Waals surface area contributed by atoms with Crippen molar-refractivity contribution in [2.75, 3.05) is 58.9 Å². The Bertz CT molecular complexity index is 788. The van der Waals surface area contributed by atoms with Gasteiger partial charge in [0.15, 0.2) is 0 Å². The van der Waals surface area contributed by atoms with Gasteiger partial charge in [-0.2, -0.15) is 0 Å². The van der Waals surface area contributed by atoms with E-state index >= 15 is 0 Å². The van der Waals surface area contributed by atoms with E-state index in [-0.39, 0.29) is 5.91 Å². The summed E-state index contributed by atoms with van der Waals surface area (Å²) in [4.78, 5) is 19.0. The van der Waals surface area contributed by atoms with Crippen LogP contribution in [-0.4, -0.2) is 69.7 Å². The van der Waals surface area contributed by atoms with Gasteiger partial charge in [-0.1, -0.05) is 18.2 Å². The number of carbonyl (C=O) groups is 1. The lowest BCUT2D eigenvalue weighted by Gasteiger charge is -2.36. The van der Waals surface area contributed by atoms with Gasteiger partial charge in [0.05, 0.1) is 20.8 Å². The molecule has 0 saturated carbocycles. The highest BCUT2D eigenvalue weighted by Crippen LogP contribution is 2.22. The second-order valence-corrected chi connectivity index (χ2v) is 7.07. The third-order valence-electron chi connectivity index (χ3n) is 5.13. The van der Waals surface area contributed by atoms with Crippen LogP contribution in [0.5, 0.6) is 11.5 Å². The molecule has 3 rings (SSSR count). The summed E-state index contributed by atoms with van der Waals surface area (Å²) in [5.74, 6) is 1.82. The van der Waals surface area contributed by atoms with Gasteiger partial charge >= 0.3 is 0 Å². The van der Waals surface area contributed by atoms with Gasteiger partial charge < -0.3 is 19.3 Å². The zero-order valence-electron chi connectivity index (χ0n) is 16.9. The number of hydrogen-bond donors (Lipinski definition) is 0. The number of rotatable bonds is 7. The fourth-order valence-electron chi connectivity index (χ4n) is 3.42. The Kier molecular flexibility index (Phi) is 6.76. The molecule has 0 aliphatic carbocycles. The first-order valence-electron chi connectivity index (χ1n) is 9.57. The molecule has 6 nitrogen and oxygen atoms in total. The number of nitrogens with zero attached hydrogens (tertiary/aromatic N) is 3. The summed E-state index contributed by atoms with van der Waals surface area (Å²) < 4.78 is 10.6. The van der Waals surface area contributed by atoms with E-state index in [1.807, 2.05) is 43.4 Å². The molecule has 6 heteroatoms. The van der Waals surface area contributed by atoms with E-state index in [2.05, 4.69) is 21.9 Å². The standard InChI is InChI=1S/C22H29N3O3/c1-23(16-18-6-4-8-20(14-18)27-2)22(26)17-24-10-12-25(13-11-24)19-7-5-9-21(15-19)28-3/h4-9,14-15H,10-13,16-17H2,1-3H3. The van der Waals surface area contributed by atoms with Crippen molar-refractivity contribution >= 4 is 11.6 Å². The molecule has 0 bridgehead atoms. The molecular weight excluding hydrogens is 354 g/mol. The molecule has 0 radical (unpaired) electrons. The average Bonchev–Trinajstić information content (AvgIpc) is 2.74. The maximum absolute atomic E-state index is 12.6. The number of anilines is 1. The fourth-order valence-corrected chi connectivity index (χ4v) is 3.42. The van der Waals surface area contributed by atoms with Gasteiger partial charge in [-0.25, -0.2) is 0 Å². The summed E-state index contributed by atoms with van der Waals surface area (Å²) in [6.07, 6.45) is 0. The zero-order chi connectivity index (χ0) is 19.9. The lowest BCUT2D eigenvalue weighted by Crippen LogP contribution is -2.49. The van der Waals surface area contributed by atoms with Crippen LogP contribution in [0.4, 0.5) is 5.69 Å². The Labute approximate surface area is 167 Å². The molecule has 2 aromatic carbocycles. The van der Waals surface area contributed by atoms with Crippen LogP contribution in [0.1, 0.15) is 5.56 Å². The molecule has 2 aromatic rings. The molecule has 1 amide bonds. The Morgan fingerprint density at radius 2 is 1.61 bits per heavy atom. The minimum Gasteiger partial charge on any atom is -0.497 e. The van der Waals surface area contributed by atoms with Crippen molar-refractivity contribution in [3.05, 3.63) is 54.1 Å². The van der Waals surface area contributed by atoms with Crippen molar-refractivity contribution < 1.29 is 14.3 Å². The van der Waals surface area contributed by atoms with Crippen molar-refractivity contribution in [1.29, 1.82) is 0 Å². The lowest BCUT2D eigenvalue weighted by molar-refractivity contribution is -0.131. The van der Waals surface area contributed by atoms with Crippen LogP contribution < -0.4 is 14.4 Å². The maximum atomic E-state index is 12.6. The predicted octanol–water partition coefficient (Wildman–Crippen LogP) is 2.48. The first-order valence-corrected chi connectivity index (χ1v) is 9.57. The monoisotopic (exact) mass is 383 g/mol. The zero-order valence-corrected chi connectivity index (χ0v) is 16.9. The molecular formula is C22H29N3O3. The predicted molar refractivity (Wildman–Crippen MR) is 111 cm³/mol. The number of piperazine rings is 1. The molecule has 150 valence electrons. The smallest absolute Gasteiger partial charge is 0.236 e. The SMILES string of the molecule is COc1cccc(CN(C)C(=O)CN2CCN(c3cccc(OC)c3)CC2)c1. The van der Waals surface area contributed by atoms with Crippen molar-refractivity contribution in [3.63, 3.8) is 0 Å². The van der Waals surface area contributed by atoms with Crippen molar-refractivity contribution in [1.82, 2.24) is 9.80 Å². The lowest BCUT2D eigenvalue weighted by atomic mass is 10.2. The van der Waals surface area contributed by atoms with Crippen LogP contribution in [0.15, 0.2) is 48.5 Å². The van der Waals surface area contributed by atoms with Crippen LogP contribution in [0, 0.1) is 0 Å². The van der Waals surface area contributed by atoms with E-state index in [1.165, 1.54) is 5.69 Å². The van der Waals surface area contributed by atoms with Gasteiger partial charge in [-0.15, -0.1) is 0 Å². The average molecular weight is 383 g/mol. The molecule has 0 aromatic heterocycles. The molecule has 1 aliphatic rings. The van der Waals surface area contributed by atoms with Crippen molar-refractivity contribution in [2.24, 2.45) is 0 Å². The van der Waals surface area contributed by atoms with Gasteiger partial charge in [0.25, 0.3) is 0 Å². The highest BCUT2D eigenvalue weighted by atomic mass is 16.5. The first-order chi connectivity index (χ1) is 13.6. The van der Waals surface area contributed by atoms with Crippen LogP contribution in [0.2, 0.25) is 0 Å². The number of carbonyl (C=O) groups excluding carboxylic acids is 1. The summed E-state index contributed by atoms with van der Waals surface area (Å²) >= 11 is 0. The molecule has 0 atom stereocenters.